The molecule has 0 aliphatic heterocycles. The summed E-state index contributed by atoms with van der Waals surface area (Å²) in [6.45, 7) is 5.91. The number of nitrogens with one attached hydrogen (secondary N) is 1. The van der Waals surface area contributed by atoms with Gasteiger partial charge in [-0.15, -0.1) is 0 Å². The molecule has 0 atom stereocenters. The highest BCUT2D eigenvalue weighted by Crippen LogP contribution is 2.19. The van der Waals surface area contributed by atoms with E-state index in [-0.39, 0.29) is 11.9 Å². The van der Waals surface area contributed by atoms with Crippen molar-refractivity contribution in [2.24, 2.45) is 0 Å². The third-order valence-electron chi connectivity index (χ3n) is 2.00. The van der Waals surface area contributed by atoms with E-state index in [4.69, 9.17) is 0 Å². The summed E-state index contributed by atoms with van der Waals surface area (Å²) in [6, 6.07) is 6.20. The average molecular weight is 282 g/mol. The molecule has 1 amide bonds. The van der Waals surface area contributed by atoms with Crippen LogP contribution in [0.4, 0.5) is 0 Å². The molecule has 0 aromatic heterocycles. The summed E-state index contributed by atoms with van der Waals surface area (Å²) in [6.07, 6.45) is 3.36. The van der Waals surface area contributed by atoms with Gasteiger partial charge in [-0.3, -0.25) is 4.79 Å². The second-order valence-corrected chi connectivity index (χ2v) is 4.88. The maximum Gasteiger partial charge on any atom is 0.244 e. The zero-order valence-electron chi connectivity index (χ0n) is 9.75. The molecule has 0 spiro atoms. The van der Waals surface area contributed by atoms with Crippen LogP contribution in [0.2, 0.25) is 0 Å². The minimum atomic E-state index is -0.0672. The molecule has 1 rings (SSSR count). The van der Waals surface area contributed by atoms with E-state index in [0.717, 1.165) is 10.0 Å². The number of carbonyl (C=O) groups excluding carboxylic acids is 1. The molecule has 1 aromatic carbocycles. The summed E-state index contributed by atoms with van der Waals surface area (Å²) in [5, 5.41) is 2.80. The summed E-state index contributed by atoms with van der Waals surface area (Å²) >= 11 is 3.47. The molecule has 0 aliphatic rings. The Morgan fingerprint density at radius 3 is 2.69 bits per heavy atom. The number of carbonyl (C=O) groups is 1. The Kier molecular flexibility index (Phi) is 4.74. The highest BCUT2D eigenvalue weighted by atomic mass is 79.9. The Hall–Kier alpha value is -1.09. The van der Waals surface area contributed by atoms with Crippen LogP contribution in [0.5, 0.6) is 0 Å². The lowest BCUT2D eigenvalue weighted by Gasteiger charge is -2.04. The fraction of sp³-hybridized carbons (Fsp3) is 0.308. The van der Waals surface area contributed by atoms with Gasteiger partial charge in [0.15, 0.2) is 0 Å². The lowest BCUT2D eigenvalue weighted by atomic mass is 10.1. The number of aryl methyl sites for hydroxylation is 1. The van der Waals surface area contributed by atoms with Crippen LogP contribution in [-0.2, 0) is 4.79 Å². The van der Waals surface area contributed by atoms with Gasteiger partial charge in [0.1, 0.15) is 0 Å². The Bertz CT molecular complexity index is 410. The van der Waals surface area contributed by atoms with Crippen molar-refractivity contribution < 1.29 is 4.79 Å². The number of hydrogen-bond donors (Lipinski definition) is 1. The molecular formula is C13H16BrNO. The minimum Gasteiger partial charge on any atom is -0.350 e. The third-order valence-corrected chi connectivity index (χ3v) is 2.69. The molecule has 0 radical (unpaired) electrons. The fourth-order valence-corrected chi connectivity index (χ4v) is 1.89. The van der Waals surface area contributed by atoms with Gasteiger partial charge in [-0.05, 0) is 44.0 Å². The maximum absolute atomic E-state index is 11.4. The summed E-state index contributed by atoms with van der Waals surface area (Å²) in [4.78, 5) is 11.4. The SMILES string of the molecule is Cc1ccc(C=CC(=O)NC(C)C)c(Br)c1. The van der Waals surface area contributed by atoms with Gasteiger partial charge in [-0.25, -0.2) is 0 Å². The predicted molar refractivity (Wildman–Crippen MR) is 71.2 cm³/mol. The van der Waals surface area contributed by atoms with E-state index in [2.05, 4.69) is 21.2 Å². The van der Waals surface area contributed by atoms with Gasteiger partial charge in [0.05, 0.1) is 0 Å². The van der Waals surface area contributed by atoms with E-state index in [0.29, 0.717) is 0 Å². The Morgan fingerprint density at radius 2 is 2.12 bits per heavy atom. The largest absolute Gasteiger partial charge is 0.350 e. The van der Waals surface area contributed by atoms with Gasteiger partial charge >= 0.3 is 0 Å². The number of amides is 1. The van der Waals surface area contributed by atoms with Gasteiger partial charge < -0.3 is 5.32 Å². The first-order valence-corrected chi connectivity index (χ1v) is 6.03. The van der Waals surface area contributed by atoms with Crippen LogP contribution in [0.3, 0.4) is 0 Å². The van der Waals surface area contributed by atoms with Crippen molar-refractivity contribution >= 4 is 27.9 Å². The zero-order chi connectivity index (χ0) is 12.1. The highest BCUT2D eigenvalue weighted by Gasteiger charge is 1.99. The summed E-state index contributed by atoms with van der Waals surface area (Å²) in [7, 11) is 0. The van der Waals surface area contributed by atoms with Gasteiger partial charge in [-0.2, -0.15) is 0 Å². The molecule has 0 bridgehead atoms. The van der Waals surface area contributed by atoms with Crippen LogP contribution in [-0.4, -0.2) is 11.9 Å². The predicted octanol–water partition coefficient (Wildman–Crippen LogP) is 3.30. The highest BCUT2D eigenvalue weighted by molar-refractivity contribution is 9.10. The van der Waals surface area contributed by atoms with Crippen molar-refractivity contribution in [2.45, 2.75) is 26.8 Å². The maximum atomic E-state index is 11.4. The number of benzene rings is 1. The molecule has 86 valence electrons. The lowest BCUT2D eigenvalue weighted by Crippen LogP contribution is -2.28. The molecule has 3 heteroatoms. The van der Waals surface area contributed by atoms with Gasteiger partial charge in [0.2, 0.25) is 5.91 Å². The average Bonchev–Trinajstić information content (AvgIpc) is 2.15. The van der Waals surface area contributed by atoms with Crippen molar-refractivity contribution in [3.8, 4) is 0 Å². The summed E-state index contributed by atoms with van der Waals surface area (Å²) < 4.78 is 1.00. The first-order chi connectivity index (χ1) is 7.49. The van der Waals surface area contributed by atoms with Crippen LogP contribution in [0.25, 0.3) is 6.08 Å². The molecule has 0 unspecified atom stereocenters. The molecule has 0 fully saturated rings. The van der Waals surface area contributed by atoms with E-state index < -0.39 is 0 Å². The molecule has 16 heavy (non-hydrogen) atoms. The van der Waals surface area contributed by atoms with Crippen molar-refractivity contribution in [3.63, 3.8) is 0 Å². The van der Waals surface area contributed by atoms with Crippen molar-refractivity contribution in [1.29, 1.82) is 0 Å². The molecule has 0 saturated carbocycles. The van der Waals surface area contributed by atoms with Crippen molar-refractivity contribution in [3.05, 3.63) is 39.9 Å². The smallest absolute Gasteiger partial charge is 0.244 e. The molecule has 0 heterocycles. The van der Waals surface area contributed by atoms with E-state index in [1.807, 2.05) is 39.0 Å². The van der Waals surface area contributed by atoms with Gasteiger partial charge in [0, 0.05) is 16.6 Å². The molecule has 0 saturated heterocycles. The minimum absolute atomic E-state index is 0.0672. The van der Waals surface area contributed by atoms with E-state index in [1.165, 1.54) is 5.56 Å². The standard InChI is InChI=1S/C13H16BrNO/c1-9(2)15-13(16)7-6-11-5-4-10(3)8-12(11)14/h4-9H,1-3H3,(H,15,16). The normalized spacial score (nSPS) is 11.1. The van der Waals surface area contributed by atoms with Crippen LogP contribution in [0.15, 0.2) is 28.7 Å². The zero-order valence-corrected chi connectivity index (χ0v) is 11.3. The quantitative estimate of drug-likeness (QED) is 0.847. The molecule has 1 N–H and O–H groups in total. The number of halogens is 1. The molecular weight excluding hydrogens is 266 g/mol. The van der Waals surface area contributed by atoms with Crippen LogP contribution < -0.4 is 5.32 Å². The topological polar surface area (TPSA) is 29.1 Å². The Balaban J connectivity index is 2.73. The van der Waals surface area contributed by atoms with Gasteiger partial charge in [-0.1, -0.05) is 28.1 Å². The monoisotopic (exact) mass is 281 g/mol. The molecule has 2 nitrogen and oxygen atoms in total. The second kappa shape index (κ2) is 5.85. The Morgan fingerprint density at radius 1 is 1.44 bits per heavy atom. The number of hydrogen-bond acceptors (Lipinski definition) is 1. The van der Waals surface area contributed by atoms with Crippen LogP contribution in [0, 0.1) is 6.92 Å². The van der Waals surface area contributed by atoms with Crippen LogP contribution >= 0.6 is 15.9 Å². The molecule has 1 aromatic rings. The van der Waals surface area contributed by atoms with E-state index in [9.17, 15) is 4.79 Å². The second-order valence-electron chi connectivity index (χ2n) is 4.02. The summed E-state index contributed by atoms with van der Waals surface area (Å²) in [5.74, 6) is -0.0672. The number of rotatable bonds is 3. The van der Waals surface area contributed by atoms with Crippen LogP contribution in [0.1, 0.15) is 25.0 Å². The molecule has 0 aliphatic carbocycles. The van der Waals surface area contributed by atoms with E-state index >= 15 is 0 Å². The first kappa shape index (κ1) is 13.0. The third kappa shape index (κ3) is 4.19. The first-order valence-electron chi connectivity index (χ1n) is 5.24. The van der Waals surface area contributed by atoms with Crippen molar-refractivity contribution in [1.82, 2.24) is 5.32 Å². The van der Waals surface area contributed by atoms with Gasteiger partial charge in [0.25, 0.3) is 0 Å². The van der Waals surface area contributed by atoms with Crippen molar-refractivity contribution in [2.75, 3.05) is 0 Å². The lowest BCUT2D eigenvalue weighted by molar-refractivity contribution is -0.116. The summed E-state index contributed by atoms with van der Waals surface area (Å²) in [5.41, 5.74) is 2.19. The Labute approximate surface area is 105 Å². The van der Waals surface area contributed by atoms with E-state index in [1.54, 1.807) is 12.2 Å². The fourth-order valence-electron chi connectivity index (χ4n) is 1.27.